The Labute approximate surface area is 375 Å². The summed E-state index contributed by atoms with van der Waals surface area (Å²) in [4.78, 5) is 25.4. The molecule has 0 saturated carbocycles. The van der Waals surface area contributed by atoms with Crippen LogP contribution >= 0.6 is 0 Å². The van der Waals surface area contributed by atoms with E-state index >= 15 is 0 Å². The van der Waals surface area contributed by atoms with E-state index in [0.29, 0.717) is 19.3 Å². The molecule has 0 spiro atoms. The second-order valence-electron chi connectivity index (χ2n) is 16.4. The van der Waals surface area contributed by atoms with Gasteiger partial charge in [0.15, 0.2) is 12.4 Å². The average molecular weight is 897 g/mol. The molecule has 12 nitrogen and oxygen atoms in total. The molecule has 1 fully saturated rings. The summed E-state index contributed by atoms with van der Waals surface area (Å²) in [5.74, 6) is -2.06. The second-order valence-corrected chi connectivity index (χ2v) is 17.9. The molecule has 1 aliphatic rings. The van der Waals surface area contributed by atoms with E-state index in [-0.39, 0.29) is 19.4 Å². The van der Waals surface area contributed by atoms with E-state index in [1.807, 2.05) is 12.2 Å². The highest BCUT2D eigenvalue weighted by atomic mass is 32.2. The molecule has 0 bridgehead atoms. The van der Waals surface area contributed by atoms with Crippen LogP contribution in [0.3, 0.4) is 0 Å². The van der Waals surface area contributed by atoms with Crippen LogP contribution in [-0.2, 0) is 38.7 Å². The van der Waals surface area contributed by atoms with Crippen LogP contribution in [0.15, 0.2) is 60.8 Å². The van der Waals surface area contributed by atoms with Gasteiger partial charge >= 0.3 is 11.9 Å². The van der Waals surface area contributed by atoms with Crippen molar-refractivity contribution in [2.24, 2.45) is 0 Å². The lowest BCUT2D eigenvalue weighted by molar-refractivity contribution is -0.297. The molecule has 0 aromatic heterocycles. The van der Waals surface area contributed by atoms with Crippen molar-refractivity contribution < 1.29 is 56.8 Å². The van der Waals surface area contributed by atoms with Gasteiger partial charge in [0, 0.05) is 12.8 Å². The highest BCUT2D eigenvalue weighted by Crippen LogP contribution is 2.24. The summed E-state index contributed by atoms with van der Waals surface area (Å²) >= 11 is 0. The lowest BCUT2D eigenvalue weighted by atomic mass is 10.00. The monoisotopic (exact) mass is 897 g/mol. The Morgan fingerprint density at radius 1 is 0.565 bits per heavy atom. The maximum atomic E-state index is 12.8. The molecule has 6 atom stereocenters. The van der Waals surface area contributed by atoms with Gasteiger partial charge in [-0.1, -0.05) is 177 Å². The van der Waals surface area contributed by atoms with E-state index < -0.39 is 71.2 Å². The zero-order valence-electron chi connectivity index (χ0n) is 38.2. The minimum atomic E-state index is -4.61. The number of aliphatic hydroxyl groups excluding tert-OH is 3. The molecule has 1 heterocycles. The van der Waals surface area contributed by atoms with Gasteiger partial charge in [0.05, 0.1) is 6.61 Å². The van der Waals surface area contributed by atoms with Gasteiger partial charge in [-0.3, -0.25) is 14.1 Å². The largest absolute Gasteiger partial charge is 0.462 e. The van der Waals surface area contributed by atoms with Gasteiger partial charge in [-0.25, -0.2) is 0 Å². The lowest BCUT2D eigenvalue weighted by Gasteiger charge is -2.40. The van der Waals surface area contributed by atoms with Crippen LogP contribution in [-0.4, -0.2) is 96.0 Å². The highest BCUT2D eigenvalue weighted by Gasteiger charge is 2.46. The quantitative estimate of drug-likeness (QED) is 0.0198. The number of hydrogen-bond acceptors (Lipinski definition) is 11. The first-order valence-electron chi connectivity index (χ1n) is 23.8. The summed E-state index contributed by atoms with van der Waals surface area (Å²) in [5.41, 5.74) is 0. The van der Waals surface area contributed by atoms with Crippen molar-refractivity contribution in [3.8, 4) is 0 Å². The topological polar surface area (TPSA) is 186 Å². The van der Waals surface area contributed by atoms with Crippen LogP contribution in [0.1, 0.15) is 181 Å². The van der Waals surface area contributed by atoms with E-state index in [4.69, 9.17) is 18.9 Å². The van der Waals surface area contributed by atoms with Gasteiger partial charge in [0.1, 0.15) is 36.8 Å². The third-order valence-electron chi connectivity index (χ3n) is 10.6. The number of carbonyl (C=O) groups excluding carboxylic acids is 2. The normalized spacial score (nSPS) is 20.4. The summed E-state index contributed by atoms with van der Waals surface area (Å²) in [6.45, 7) is 3.61. The van der Waals surface area contributed by atoms with Crippen LogP contribution in [0.25, 0.3) is 0 Å². The Morgan fingerprint density at radius 2 is 1.02 bits per heavy atom. The first-order chi connectivity index (χ1) is 30.0. The maximum absolute atomic E-state index is 12.8. The van der Waals surface area contributed by atoms with E-state index in [1.54, 1.807) is 0 Å². The number of allylic oxidation sites excluding steroid dienone is 10. The molecule has 0 aromatic rings. The summed E-state index contributed by atoms with van der Waals surface area (Å²) in [6.07, 6.45) is 38.4. The number of unbranched alkanes of at least 4 members (excludes halogenated alkanes) is 17. The highest BCUT2D eigenvalue weighted by molar-refractivity contribution is 7.85. The summed E-state index contributed by atoms with van der Waals surface area (Å²) in [5, 5.41) is 30.9. The van der Waals surface area contributed by atoms with Crippen molar-refractivity contribution in [3.05, 3.63) is 60.8 Å². The Hall–Kier alpha value is -2.65. The Balaban J connectivity index is 2.46. The number of hydrogen-bond donors (Lipinski definition) is 4. The molecule has 2 unspecified atom stereocenters. The SMILES string of the molecule is CC/C=C/C/C=C/C/C=C/C/C=C/C/C=C/CCCC(=O)OC[C@H](CO[C@H]1O[C@H](CS(=O)(=O)O)[C@@H](O)C(O)C1O)OC(=O)CCCCCCCCCCCCCCCCCCC. The van der Waals surface area contributed by atoms with Crippen molar-refractivity contribution in [1.29, 1.82) is 0 Å². The summed E-state index contributed by atoms with van der Waals surface area (Å²) < 4.78 is 54.1. The van der Waals surface area contributed by atoms with Crippen molar-refractivity contribution in [3.63, 3.8) is 0 Å². The van der Waals surface area contributed by atoms with Crippen LogP contribution in [0, 0.1) is 0 Å². The third-order valence-corrected chi connectivity index (χ3v) is 11.4. The summed E-state index contributed by atoms with van der Waals surface area (Å²) in [7, 11) is -4.61. The molecule has 1 saturated heterocycles. The van der Waals surface area contributed by atoms with Crippen LogP contribution < -0.4 is 0 Å². The Kier molecular flexibility index (Phi) is 35.9. The molecular weight excluding hydrogens is 813 g/mol. The lowest BCUT2D eigenvalue weighted by Crippen LogP contribution is -2.60. The number of rotatable bonds is 39. The molecule has 358 valence electrons. The van der Waals surface area contributed by atoms with E-state index in [2.05, 4.69) is 62.5 Å². The Bertz CT molecular complexity index is 1370. The van der Waals surface area contributed by atoms with Gasteiger partial charge in [0.25, 0.3) is 10.1 Å². The van der Waals surface area contributed by atoms with E-state index in [9.17, 15) is 37.9 Å². The fraction of sp³-hybridized carbons (Fsp3) is 0.755. The molecule has 0 aliphatic carbocycles. The van der Waals surface area contributed by atoms with Gasteiger partial charge in [-0.2, -0.15) is 8.42 Å². The van der Waals surface area contributed by atoms with Crippen molar-refractivity contribution in [1.82, 2.24) is 0 Å². The first kappa shape index (κ1) is 57.4. The smallest absolute Gasteiger partial charge is 0.306 e. The molecule has 0 aromatic carbocycles. The molecule has 4 N–H and O–H groups in total. The van der Waals surface area contributed by atoms with Gasteiger partial charge in [-0.05, 0) is 51.4 Å². The van der Waals surface area contributed by atoms with Crippen molar-refractivity contribution >= 4 is 22.1 Å². The van der Waals surface area contributed by atoms with E-state index in [1.165, 1.54) is 83.5 Å². The molecule has 62 heavy (non-hydrogen) atoms. The number of carbonyl (C=O) groups is 2. The number of ether oxygens (including phenoxy) is 4. The predicted octanol–water partition coefficient (Wildman–Crippen LogP) is 10.1. The second kappa shape index (κ2) is 38.8. The first-order valence-corrected chi connectivity index (χ1v) is 25.5. The van der Waals surface area contributed by atoms with Crippen molar-refractivity contribution in [2.75, 3.05) is 19.0 Å². The molecular formula is C49H84O12S. The van der Waals surface area contributed by atoms with E-state index in [0.717, 1.165) is 51.4 Å². The fourth-order valence-corrected chi connectivity index (χ4v) is 7.64. The molecule has 1 rings (SSSR count). The molecule has 1 aliphatic heterocycles. The minimum absolute atomic E-state index is 0.140. The standard InChI is InChI=1S/C49H84O12S/c1-3-5-7-9-11-13-15-17-19-21-23-25-27-29-31-33-35-37-44(50)58-39-42(40-59-49-48(54)47(53)46(52)43(61-49)41-62(55,56)57)60-45(51)38-36-34-32-30-28-26-24-22-20-18-16-14-12-10-8-6-4-2/h5,7,11,13,17,19,23,25,29,31,42-43,46-49,52-54H,3-4,6,8-10,12,14-16,18,20-22,24,26-28,30,32-41H2,1-2H3,(H,55,56,57)/b7-5+,13-11+,19-17+,25-23+,31-29+/t42-,43-,46-,47?,48?,49+/m1/s1. The molecule has 0 amide bonds. The average Bonchev–Trinajstić information content (AvgIpc) is 3.24. The van der Waals surface area contributed by atoms with Crippen LogP contribution in [0.5, 0.6) is 0 Å². The summed E-state index contributed by atoms with van der Waals surface area (Å²) in [6, 6.07) is 0. The Morgan fingerprint density at radius 3 is 1.50 bits per heavy atom. The number of esters is 2. The van der Waals surface area contributed by atoms with Crippen LogP contribution in [0.2, 0.25) is 0 Å². The number of aliphatic hydroxyl groups is 3. The van der Waals surface area contributed by atoms with Crippen LogP contribution in [0.4, 0.5) is 0 Å². The third kappa shape index (κ3) is 32.9. The zero-order chi connectivity index (χ0) is 45.5. The van der Waals surface area contributed by atoms with Crippen molar-refractivity contribution in [2.45, 2.75) is 218 Å². The maximum Gasteiger partial charge on any atom is 0.306 e. The molecule has 13 heteroatoms. The van der Waals surface area contributed by atoms with Gasteiger partial charge in [-0.15, -0.1) is 0 Å². The minimum Gasteiger partial charge on any atom is -0.462 e. The fourth-order valence-electron chi connectivity index (χ4n) is 6.95. The van der Waals surface area contributed by atoms with Gasteiger partial charge in [0.2, 0.25) is 0 Å². The predicted molar refractivity (Wildman–Crippen MR) is 247 cm³/mol. The molecule has 0 radical (unpaired) electrons. The van der Waals surface area contributed by atoms with Gasteiger partial charge < -0.3 is 34.3 Å². The zero-order valence-corrected chi connectivity index (χ0v) is 39.0.